The van der Waals surface area contributed by atoms with E-state index < -0.39 is 0 Å². The van der Waals surface area contributed by atoms with Crippen LogP contribution in [0.3, 0.4) is 0 Å². The molecule has 1 saturated carbocycles. The second kappa shape index (κ2) is 6.01. The van der Waals surface area contributed by atoms with Gasteiger partial charge in [-0.2, -0.15) is 0 Å². The van der Waals surface area contributed by atoms with Crippen LogP contribution in [0.15, 0.2) is 30.3 Å². The Bertz CT molecular complexity index is 391. The molecule has 1 amide bonds. The zero-order chi connectivity index (χ0) is 13.0. The average Bonchev–Trinajstić information content (AvgIpc) is 2.46. The van der Waals surface area contributed by atoms with Crippen molar-refractivity contribution in [3.05, 3.63) is 30.3 Å². The van der Waals surface area contributed by atoms with Crippen LogP contribution in [-0.4, -0.2) is 19.5 Å². The van der Waals surface area contributed by atoms with Crippen molar-refractivity contribution in [2.45, 2.75) is 25.7 Å². The smallest absolute Gasteiger partial charge is 0.230 e. The second-order valence-corrected chi connectivity index (χ2v) is 5.12. The maximum Gasteiger partial charge on any atom is 0.230 e. The highest BCUT2D eigenvalue weighted by Gasteiger charge is 2.32. The number of benzene rings is 1. The number of hydrogen-bond acceptors (Lipinski definition) is 2. The van der Waals surface area contributed by atoms with E-state index in [0.29, 0.717) is 12.5 Å². The first-order valence-corrected chi connectivity index (χ1v) is 6.76. The van der Waals surface area contributed by atoms with E-state index >= 15 is 0 Å². The number of rotatable bonds is 3. The van der Waals surface area contributed by atoms with Crippen LogP contribution < -0.4 is 10.6 Å². The maximum atomic E-state index is 12.5. The number of carbonyl (C=O) groups is 1. The highest BCUT2D eigenvalue weighted by atomic mass is 16.2. The summed E-state index contributed by atoms with van der Waals surface area (Å²) in [5, 5.41) is 0. The lowest BCUT2D eigenvalue weighted by molar-refractivity contribution is -0.124. The van der Waals surface area contributed by atoms with Gasteiger partial charge in [-0.15, -0.1) is 0 Å². The number of nitrogens with zero attached hydrogens (tertiary/aromatic N) is 1. The zero-order valence-electron chi connectivity index (χ0n) is 11.0. The van der Waals surface area contributed by atoms with E-state index in [2.05, 4.69) is 0 Å². The fourth-order valence-electron chi connectivity index (χ4n) is 2.84. The molecule has 1 fully saturated rings. The molecule has 0 saturated heterocycles. The molecule has 2 atom stereocenters. The Hall–Kier alpha value is -1.35. The third kappa shape index (κ3) is 2.72. The summed E-state index contributed by atoms with van der Waals surface area (Å²) in [6, 6.07) is 9.82. The lowest BCUT2D eigenvalue weighted by atomic mass is 9.78. The van der Waals surface area contributed by atoms with E-state index in [4.69, 9.17) is 5.73 Å². The van der Waals surface area contributed by atoms with Crippen molar-refractivity contribution in [3.8, 4) is 0 Å². The summed E-state index contributed by atoms with van der Waals surface area (Å²) in [5.41, 5.74) is 6.76. The summed E-state index contributed by atoms with van der Waals surface area (Å²) in [6.45, 7) is 0.624. The summed E-state index contributed by atoms with van der Waals surface area (Å²) < 4.78 is 0. The van der Waals surface area contributed by atoms with Crippen molar-refractivity contribution in [1.82, 2.24) is 0 Å². The standard InChI is InChI=1S/C15H22N2O/c1-17(13-8-3-2-4-9-13)15(18)14-10-6-5-7-12(14)11-16/h2-4,8-9,12,14H,5-7,10-11,16H2,1H3. The molecule has 0 spiro atoms. The Morgan fingerprint density at radius 1 is 1.28 bits per heavy atom. The van der Waals surface area contributed by atoms with Gasteiger partial charge in [-0.3, -0.25) is 4.79 Å². The molecule has 0 radical (unpaired) electrons. The number of hydrogen-bond donors (Lipinski definition) is 1. The van der Waals surface area contributed by atoms with Crippen molar-refractivity contribution in [3.63, 3.8) is 0 Å². The van der Waals surface area contributed by atoms with Crippen molar-refractivity contribution >= 4 is 11.6 Å². The van der Waals surface area contributed by atoms with E-state index in [1.165, 1.54) is 6.42 Å². The molecule has 3 heteroatoms. The van der Waals surface area contributed by atoms with Crippen molar-refractivity contribution in [2.24, 2.45) is 17.6 Å². The fraction of sp³-hybridized carbons (Fsp3) is 0.533. The van der Waals surface area contributed by atoms with Gasteiger partial charge in [-0.1, -0.05) is 31.0 Å². The summed E-state index contributed by atoms with van der Waals surface area (Å²) in [6.07, 6.45) is 4.43. The lowest BCUT2D eigenvalue weighted by Crippen LogP contribution is -2.40. The van der Waals surface area contributed by atoms with Crippen LogP contribution in [0, 0.1) is 11.8 Å². The molecule has 1 aromatic rings. The molecular formula is C15H22N2O. The maximum absolute atomic E-state index is 12.5. The topological polar surface area (TPSA) is 46.3 Å². The molecule has 98 valence electrons. The normalized spacial score (nSPS) is 23.7. The Balaban J connectivity index is 2.10. The van der Waals surface area contributed by atoms with E-state index in [-0.39, 0.29) is 11.8 Å². The summed E-state index contributed by atoms with van der Waals surface area (Å²) in [4.78, 5) is 14.3. The number of amides is 1. The first-order valence-electron chi connectivity index (χ1n) is 6.76. The highest BCUT2D eigenvalue weighted by Crippen LogP contribution is 2.31. The first kappa shape index (κ1) is 13.1. The van der Waals surface area contributed by atoms with Crippen LogP contribution in [0.5, 0.6) is 0 Å². The van der Waals surface area contributed by atoms with Crippen LogP contribution in [0.1, 0.15) is 25.7 Å². The average molecular weight is 246 g/mol. The van der Waals surface area contributed by atoms with Gasteiger partial charge in [0.2, 0.25) is 5.91 Å². The van der Waals surface area contributed by atoms with Gasteiger partial charge in [-0.25, -0.2) is 0 Å². The monoisotopic (exact) mass is 246 g/mol. The first-order chi connectivity index (χ1) is 8.74. The minimum absolute atomic E-state index is 0.106. The molecule has 3 nitrogen and oxygen atoms in total. The molecule has 1 aromatic carbocycles. The molecule has 1 aliphatic rings. The van der Waals surface area contributed by atoms with Crippen LogP contribution in [0.25, 0.3) is 0 Å². The van der Waals surface area contributed by atoms with Crippen molar-refractivity contribution < 1.29 is 4.79 Å². The minimum atomic E-state index is 0.106. The molecule has 18 heavy (non-hydrogen) atoms. The predicted octanol–water partition coefficient (Wildman–Crippen LogP) is 2.41. The summed E-state index contributed by atoms with van der Waals surface area (Å²) in [7, 11) is 1.86. The third-order valence-electron chi connectivity index (χ3n) is 4.00. The van der Waals surface area contributed by atoms with Gasteiger partial charge in [0.15, 0.2) is 0 Å². The quantitative estimate of drug-likeness (QED) is 0.890. The highest BCUT2D eigenvalue weighted by molar-refractivity contribution is 5.94. The Kier molecular flexibility index (Phi) is 4.37. The van der Waals surface area contributed by atoms with E-state index in [1.54, 1.807) is 4.90 Å². The van der Waals surface area contributed by atoms with E-state index in [1.807, 2.05) is 37.4 Å². The number of para-hydroxylation sites is 1. The molecule has 2 N–H and O–H groups in total. The van der Waals surface area contributed by atoms with Crippen molar-refractivity contribution in [1.29, 1.82) is 0 Å². The van der Waals surface area contributed by atoms with Crippen molar-refractivity contribution in [2.75, 3.05) is 18.5 Å². The lowest BCUT2D eigenvalue weighted by Gasteiger charge is -2.32. The van der Waals surface area contributed by atoms with Gasteiger partial charge in [-0.05, 0) is 37.4 Å². The molecule has 0 heterocycles. The van der Waals surface area contributed by atoms with Gasteiger partial charge >= 0.3 is 0 Å². The Morgan fingerprint density at radius 3 is 2.61 bits per heavy atom. The molecule has 0 aromatic heterocycles. The fourth-order valence-corrected chi connectivity index (χ4v) is 2.84. The molecule has 1 aliphatic carbocycles. The predicted molar refractivity (Wildman–Crippen MR) is 74.4 cm³/mol. The largest absolute Gasteiger partial charge is 0.330 e. The van der Waals surface area contributed by atoms with Crippen LogP contribution in [0.2, 0.25) is 0 Å². The van der Waals surface area contributed by atoms with Gasteiger partial charge in [0, 0.05) is 18.7 Å². The molecule has 0 aliphatic heterocycles. The minimum Gasteiger partial charge on any atom is -0.330 e. The van der Waals surface area contributed by atoms with Crippen LogP contribution in [0.4, 0.5) is 5.69 Å². The second-order valence-electron chi connectivity index (χ2n) is 5.12. The van der Waals surface area contributed by atoms with Crippen LogP contribution >= 0.6 is 0 Å². The number of carbonyl (C=O) groups excluding carboxylic acids is 1. The van der Waals surface area contributed by atoms with Crippen LogP contribution in [-0.2, 0) is 4.79 Å². The SMILES string of the molecule is CN(C(=O)C1CCCCC1CN)c1ccccc1. The van der Waals surface area contributed by atoms with Gasteiger partial charge < -0.3 is 10.6 Å². The molecule has 0 bridgehead atoms. The Labute approximate surface area is 109 Å². The summed E-state index contributed by atoms with van der Waals surface area (Å²) >= 11 is 0. The van der Waals surface area contributed by atoms with Gasteiger partial charge in [0.05, 0.1) is 0 Å². The zero-order valence-corrected chi connectivity index (χ0v) is 11.0. The van der Waals surface area contributed by atoms with E-state index in [0.717, 1.165) is 24.9 Å². The third-order valence-corrected chi connectivity index (χ3v) is 4.00. The number of nitrogens with two attached hydrogens (primary N) is 1. The number of anilines is 1. The Morgan fingerprint density at radius 2 is 1.94 bits per heavy atom. The molecule has 2 rings (SSSR count). The molecular weight excluding hydrogens is 224 g/mol. The summed E-state index contributed by atoms with van der Waals surface area (Å²) in [5.74, 6) is 0.683. The van der Waals surface area contributed by atoms with Gasteiger partial charge in [0.1, 0.15) is 0 Å². The van der Waals surface area contributed by atoms with E-state index in [9.17, 15) is 4.79 Å². The van der Waals surface area contributed by atoms with Gasteiger partial charge in [0.25, 0.3) is 0 Å². The molecule has 2 unspecified atom stereocenters.